The topological polar surface area (TPSA) is 102 Å². The van der Waals surface area contributed by atoms with E-state index in [1.165, 1.54) is 0 Å². The second-order valence-electron chi connectivity index (χ2n) is 4.98. The summed E-state index contributed by atoms with van der Waals surface area (Å²) in [5.41, 5.74) is 2.47. The van der Waals surface area contributed by atoms with Gasteiger partial charge in [0.1, 0.15) is 0 Å². The van der Waals surface area contributed by atoms with E-state index < -0.39 is 23.3 Å². The number of benzene rings is 2. The number of amides is 2. The predicted molar refractivity (Wildman–Crippen MR) is 83.3 cm³/mol. The van der Waals surface area contributed by atoms with Gasteiger partial charge in [-0.2, -0.15) is 0 Å². The zero-order chi connectivity index (χ0) is 16.1. The minimum atomic E-state index is -0.620. The van der Waals surface area contributed by atoms with Crippen LogP contribution in [0.15, 0.2) is 36.4 Å². The van der Waals surface area contributed by atoms with Gasteiger partial charge in [-0.25, -0.2) is 4.79 Å². The quantitative estimate of drug-likeness (QED) is 0.442. The van der Waals surface area contributed by atoms with E-state index in [0.29, 0.717) is 13.0 Å². The van der Waals surface area contributed by atoms with Gasteiger partial charge in [0.25, 0.3) is 0 Å². The lowest BCUT2D eigenvalue weighted by Crippen LogP contribution is -2.30. The molecule has 0 saturated carbocycles. The fourth-order valence-electron chi connectivity index (χ4n) is 2.04. The molecule has 0 saturated heterocycles. The lowest BCUT2D eigenvalue weighted by molar-refractivity contribution is 0.252. The second kappa shape index (κ2) is 6.71. The summed E-state index contributed by atoms with van der Waals surface area (Å²) in [5.74, 6) is -1.63. The van der Waals surface area contributed by atoms with Crippen LogP contribution in [0.2, 0.25) is 0 Å². The molecule has 6 nitrogen and oxygen atoms in total. The molecule has 2 aromatic rings. The molecule has 2 aromatic carbocycles. The van der Waals surface area contributed by atoms with Gasteiger partial charge in [0.05, 0.1) is 5.69 Å². The van der Waals surface area contributed by atoms with Gasteiger partial charge >= 0.3 is 6.03 Å². The van der Waals surface area contributed by atoms with Gasteiger partial charge in [-0.3, -0.25) is 0 Å². The Hall–Kier alpha value is -2.89. The van der Waals surface area contributed by atoms with E-state index in [0.717, 1.165) is 23.3 Å². The van der Waals surface area contributed by atoms with Crippen molar-refractivity contribution in [1.29, 1.82) is 0 Å². The van der Waals surface area contributed by atoms with Crippen molar-refractivity contribution in [3.63, 3.8) is 0 Å². The van der Waals surface area contributed by atoms with Gasteiger partial charge in [0, 0.05) is 18.7 Å². The minimum absolute atomic E-state index is 0.181. The van der Waals surface area contributed by atoms with Crippen LogP contribution >= 0.6 is 0 Å². The van der Waals surface area contributed by atoms with Gasteiger partial charge in [-0.15, -0.1) is 0 Å². The van der Waals surface area contributed by atoms with Crippen LogP contribution < -0.4 is 10.6 Å². The normalized spacial score (nSPS) is 10.2. The number of urea groups is 1. The number of anilines is 1. The Morgan fingerprint density at radius 2 is 1.77 bits per heavy atom. The Bertz CT molecular complexity index is 663. The maximum Gasteiger partial charge on any atom is 0.319 e. The maximum absolute atomic E-state index is 11.7. The number of phenolic OH excluding ortho intramolecular Hbond substituents is 3. The first-order valence-corrected chi connectivity index (χ1v) is 6.81. The molecular formula is C16H18N2O4. The van der Waals surface area contributed by atoms with Gasteiger partial charge < -0.3 is 26.0 Å². The summed E-state index contributed by atoms with van der Waals surface area (Å²) in [6.07, 6.45) is 0.696. The molecule has 0 aliphatic heterocycles. The van der Waals surface area contributed by atoms with Crippen LogP contribution in [0.5, 0.6) is 17.2 Å². The third-order valence-electron chi connectivity index (χ3n) is 3.11. The molecule has 116 valence electrons. The number of hydrogen-bond acceptors (Lipinski definition) is 4. The van der Waals surface area contributed by atoms with Crippen molar-refractivity contribution in [2.75, 3.05) is 11.9 Å². The molecule has 0 unspecified atom stereocenters. The van der Waals surface area contributed by atoms with Crippen LogP contribution in [0.1, 0.15) is 11.1 Å². The van der Waals surface area contributed by atoms with Crippen molar-refractivity contribution in [2.45, 2.75) is 13.3 Å². The highest BCUT2D eigenvalue weighted by Crippen LogP contribution is 2.37. The fraction of sp³-hybridized carbons (Fsp3) is 0.188. The summed E-state index contributed by atoms with van der Waals surface area (Å²) >= 11 is 0. The molecular weight excluding hydrogens is 284 g/mol. The van der Waals surface area contributed by atoms with Crippen molar-refractivity contribution in [2.24, 2.45) is 0 Å². The molecule has 22 heavy (non-hydrogen) atoms. The molecule has 2 rings (SSSR count). The molecule has 0 heterocycles. The van der Waals surface area contributed by atoms with Crippen molar-refractivity contribution in [3.8, 4) is 17.2 Å². The van der Waals surface area contributed by atoms with E-state index in [-0.39, 0.29) is 5.69 Å². The summed E-state index contributed by atoms with van der Waals surface area (Å²) < 4.78 is 0. The fourth-order valence-corrected chi connectivity index (χ4v) is 2.04. The molecule has 2 amide bonds. The molecule has 5 N–H and O–H groups in total. The lowest BCUT2D eigenvalue weighted by Gasteiger charge is -2.09. The van der Waals surface area contributed by atoms with E-state index in [1.54, 1.807) is 0 Å². The highest BCUT2D eigenvalue weighted by molar-refractivity contribution is 5.90. The first-order valence-electron chi connectivity index (χ1n) is 6.81. The van der Waals surface area contributed by atoms with Crippen molar-refractivity contribution in [1.82, 2.24) is 5.32 Å². The number of phenols is 3. The van der Waals surface area contributed by atoms with Gasteiger partial charge in [-0.05, 0) is 18.9 Å². The summed E-state index contributed by atoms with van der Waals surface area (Å²) in [4.78, 5) is 11.7. The van der Waals surface area contributed by atoms with Gasteiger partial charge in [-0.1, -0.05) is 29.8 Å². The Kier molecular flexibility index (Phi) is 4.73. The highest BCUT2D eigenvalue weighted by Gasteiger charge is 2.09. The summed E-state index contributed by atoms with van der Waals surface area (Å²) in [5, 5.41) is 33.1. The zero-order valence-corrected chi connectivity index (χ0v) is 12.1. The van der Waals surface area contributed by atoms with Crippen LogP contribution in [-0.4, -0.2) is 27.9 Å². The Morgan fingerprint density at radius 1 is 1.09 bits per heavy atom. The highest BCUT2D eigenvalue weighted by atomic mass is 16.3. The molecule has 0 aliphatic rings. The van der Waals surface area contributed by atoms with E-state index in [9.17, 15) is 20.1 Å². The van der Waals surface area contributed by atoms with Crippen LogP contribution in [-0.2, 0) is 6.42 Å². The number of carbonyl (C=O) groups is 1. The largest absolute Gasteiger partial charge is 0.504 e. The third kappa shape index (κ3) is 4.05. The number of aryl methyl sites for hydroxylation is 1. The van der Waals surface area contributed by atoms with E-state index in [1.807, 2.05) is 25.1 Å². The third-order valence-corrected chi connectivity index (χ3v) is 3.11. The number of aromatic hydroxyl groups is 3. The van der Waals surface area contributed by atoms with Crippen LogP contribution in [0.25, 0.3) is 0 Å². The maximum atomic E-state index is 11.7. The van der Waals surface area contributed by atoms with Gasteiger partial charge in [0.15, 0.2) is 17.2 Å². The van der Waals surface area contributed by atoms with Crippen molar-refractivity contribution in [3.05, 3.63) is 47.5 Å². The average Bonchev–Trinajstić information content (AvgIpc) is 2.44. The number of carbonyl (C=O) groups excluding carboxylic acids is 1. The molecule has 0 aromatic heterocycles. The van der Waals surface area contributed by atoms with E-state index >= 15 is 0 Å². The van der Waals surface area contributed by atoms with E-state index in [2.05, 4.69) is 16.7 Å². The SMILES string of the molecule is Cc1cccc(CCNC(=O)Nc2cc(O)c(O)c(O)c2)c1. The molecule has 0 fully saturated rings. The van der Waals surface area contributed by atoms with E-state index in [4.69, 9.17) is 0 Å². The smallest absolute Gasteiger partial charge is 0.319 e. The molecule has 0 atom stereocenters. The second-order valence-corrected chi connectivity index (χ2v) is 4.98. The molecule has 0 radical (unpaired) electrons. The zero-order valence-electron chi connectivity index (χ0n) is 12.1. The van der Waals surface area contributed by atoms with Crippen molar-refractivity contribution >= 4 is 11.7 Å². The van der Waals surface area contributed by atoms with Crippen molar-refractivity contribution < 1.29 is 20.1 Å². The number of rotatable bonds is 4. The lowest BCUT2D eigenvalue weighted by atomic mass is 10.1. The minimum Gasteiger partial charge on any atom is -0.504 e. The standard InChI is InChI=1S/C16H18N2O4/c1-10-3-2-4-11(7-10)5-6-17-16(22)18-12-8-13(19)15(21)14(20)9-12/h2-4,7-9,19-21H,5-6H2,1H3,(H2,17,18,22). The predicted octanol–water partition coefficient (Wildman–Crippen LogP) is 2.48. The van der Waals surface area contributed by atoms with Crippen LogP contribution in [0.3, 0.4) is 0 Å². The van der Waals surface area contributed by atoms with Crippen LogP contribution in [0, 0.1) is 6.92 Å². The van der Waals surface area contributed by atoms with Crippen LogP contribution in [0.4, 0.5) is 10.5 Å². The molecule has 0 bridgehead atoms. The monoisotopic (exact) mass is 302 g/mol. The Labute approximate surface area is 128 Å². The first kappa shape index (κ1) is 15.5. The Balaban J connectivity index is 1.86. The number of hydrogen-bond donors (Lipinski definition) is 5. The molecule has 6 heteroatoms. The number of nitrogens with one attached hydrogen (secondary N) is 2. The first-order chi connectivity index (χ1) is 10.5. The average molecular weight is 302 g/mol. The van der Waals surface area contributed by atoms with Gasteiger partial charge in [0.2, 0.25) is 0 Å². The molecule has 0 spiro atoms. The summed E-state index contributed by atoms with van der Waals surface area (Å²) in [6.45, 7) is 2.46. The summed E-state index contributed by atoms with van der Waals surface area (Å²) in [7, 11) is 0. The molecule has 0 aliphatic carbocycles. The Morgan fingerprint density at radius 3 is 2.41 bits per heavy atom. The summed E-state index contributed by atoms with van der Waals surface area (Å²) in [6, 6.07) is 9.85.